The van der Waals surface area contributed by atoms with Crippen molar-refractivity contribution < 1.29 is 23.0 Å². The van der Waals surface area contributed by atoms with Crippen LogP contribution in [0.4, 0.5) is 13.2 Å². The third-order valence-corrected chi connectivity index (χ3v) is 1.83. The fourth-order valence-electron chi connectivity index (χ4n) is 1.10. The van der Waals surface area contributed by atoms with Crippen LogP contribution in [0.2, 0.25) is 0 Å². The lowest BCUT2D eigenvalue weighted by molar-refractivity contribution is -0.175. The summed E-state index contributed by atoms with van der Waals surface area (Å²) in [6.07, 6.45) is -3.62. The van der Waals surface area contributed by atoms with Gasteiger partial charge in [0.15, 0.2) is 0 Å². The zero-order valence-corrected chi connectivity index (χ0v) is 8.44. The molecule has 1 aromatic heterocycles. The summed E-state index contributed by atoms with van der Waals surface area (Å²) >= 11 is 0. The van der Waals surface area contributed by atoms with E-state index in [1.807, 2.05) is 0 Å². The molecule has 1 rings (SSSR count). The van der Waals surface area contributed by atoms with Crippen molar-refractivity contribution in [1.29, 1.82) is 0 Å². The fraction of sp³-hybridized carbons (Fsp3) is 0.500. The van der Waals surface area contributed by atoms with E-state index in [4.69, 9.17) is 0 Å². The Kier molecular flexibility index (Phi) is 4.70. The second kappa shape index (κ2) is 5.81. The molecule has 1 heterocycles. The Morgan fingerprint density at radius 1 is 1.38 bits per heavy atom. The molecule has 1 N–H and O–H groups in total. The minimum atomic E-state index is -4.32. The number of nitrogens with zero attached hydrogens (tertiary/aromatic N) is 1. The van der Waals surface area contributed by atoms with Gasteiger partial charge in [0.2, 0.25) is 0 Å². The first-order chi connectivity index (χ1) is 7.49. The molecule has 0 bridgehead atoms. The van der Waals surface area contributed by atoms with Crippen molar-refractivity contribution in [3.05, 3.63) is 30.1 Å². The Balaban J connectivity index is 2.24. The van der Waals surface area contributed by atoms with Gasteiger partial charge in [-0.25, -0.2) is 0 Å². The number of aliphatic hydroxyl groups excluding tert-OH is 1. The van der Waals surface area contributed by atoms with E-state index in [0.717, 1.165) is 0 Å². The third-order valence-electron chi connectivity index (χ3n) is 1.83. The highest BCUT2D eigenvalue weighted by molar-refractivity contribution is 5.06. The van der Waals surface area contributed by atoms with Crippen LogP contribution in [0.15, 0.2) is 24.4 Å². The van der Waals surface area contributed by atoms with Crippen LogP contribution in [0.3, 0.4) is 0 Å². The van der Waals surface area contributed by atoms with Gasteiger partial charge in [0.1, 0.15) is 6.61 Å². The van der Waals surface area contributed by atoms with Gasteiger partial charge in [-0.3, -0.25) is 4.98 Å². The smallest absolute Gasteiger partial charge is 0.387 e. The monoisotopic (exact) mass is 235 g/mol. The van der Waals surface area contributed by atoms with Crippen LogP contribution in [0.1, 0.15) is 18.2 Å². The fourth-order valence-corrected chi connectivity index (χ4v) is 1.10. The second-order valence-electron chi connectivity index (χ2n) is 3.23. The molecule has 6 heteroatoms. The zero-order valence-electron chi connectivity index (χ0n) is 8.44. The molecule has 0 radical (unpaired) electrons. The van der Waals surface area contributed by atoms with Crippen molar-refractivity contribution >= 4 is 0 Å². The highest BCUT2D eigenvalue weighted by Gasteiger charge is 2.27. The number of rotatable bonds is 5. The van der Waals surface area contributed by atoms with Crippen LogP contribution in [0, 0.1) is 0 Å². The lowest BCUT2D eigenvalue weighted by atomic mass is 10.2. The van der Waals surface area contributed by atoms with Crippen LogP contribution in [-0.4, -0.2) is 29.5 Å². The minimum absolute atomic E-state index is 0.0904. The second-order valence-corrected chi connectivity index (χ2v) is 3.23. The average molecular weight is 235 g/mol. The molecule has 0 saturated carbocycles. The highest BCUT2D eigenvalue weighted by Crippen LogP contribution is 2.16. The number of hydrogen-bond acceptors (Lipinski definition) is 3. The van der Waals surface area contributed by atoms with Crippen molar-refractivity contribution in [3.8, 4) is 0 Å². The minimum Gasteiger partial charge on any atom is -0.387 e. The maximum atomic E-state index is 11.7. The number of aliphatic hydroxyl groups is 1. The summed E-state index contributed by atoms with van der Waals surface area (Å²) in [6, 6.07) is 4.99. The molecule has 0 fully saturated rings. The first kappa shape index (κ1) is 12.9. The summed E-state index contributed by atoms with van der Waals surface area (Å²) in [5.74, 6) is 0. The largest absolute Gasteiger partial charge is 0.411 e. The van der Waals surface area contributed by atoms with E-state index < -0.39 is 18.9 Å². The Labute approximate surface area is 90.9 Å². The molecular weight excluding hydrogens is 223 g/mol. The molecule has 0 aliphatic rings. The van der Waals surface area contributed by atoms with Gasteiger partial charge in [-0.15, -0.1) is 0 Å². The molecule has 90 valence electrons. The molecule has 3 nitrogen and oxygen atoms in total. The van der Waals surface area contributed by atoms with Gasteiger partial charge in [-0.2, -0.15) is 13.2 Å². The van der Waals surface area contributed by atoms with Crippen LogP contribution in [-0.2, 0) is 4.74 Å². The summed E-state index contributed by atoms with van der Waals surface area (Å²) in [6.45, 7) is -1.45. The Morgan fingerprint density at radius 2 is 2.12 bits per heavy atom. The topological polar surface area (TPSA) is 42.4 Å². The first-order valence-electron chi connectivity index (χ1n) is 4.72. The van der Waals surface area contributed by atoms with E-state index in [2.05, 4.69) is 9.72 Å². The summed E-state index contributed by atoms with van der Waals surface area (Å²) < 4.78 is 39.5. The van der Waals surface area contributed by atoms with E-state index in [1.165, 1.54) is 6.20 Å². The van der Waals surface area contributed by atoms with Crippen LogP contribution in [0.5, 0.6) is 0 Å². The molecule has 1 unspecified atom stereocenters. The molecule has 16 heavy (non-hydrogen) atoms. The van der Waals surface area contributed by atoms with Crippen LogP contribution < -0.4 is 0 Å². The average Bonchev–Trinajstić information content (AvgIpc) is 2.24. The SMILES string of the molecule is OC(CCOCC(F)(F)F)c1ccccn1. The van der Waals surface area contributed by atoms with Crippen molar-refractivity contribution in [2.24, 2.45) is 0 Å². The predicted molar refractivity (Wildman–Crippen MR) is 50.7 cm³/mol. The maximum absolute atomic E-state index is 11.7. The van der Waals surface area contributed by atoms with Crippen LogP contribution in [0.25, 0.3) is 0 Å². The molecule has 0 saturated heterocycles. The summed E-state index contributed by atoms with van der Waals surface area (Å²) in [4.78, 5) is 3.88. The quantitative estimate of drug-likeness (QED) is 0.794. The summed E-state index contributed by atoms with van der Waals surface area (Å²) in [5.41, 5.74) is 0.429. The molecule has 0 amide bonds. The predicted octanol–water partition coefficient (Wildman–Crippen LogP) is 2.08. The van der Waals surface area contributed by atoms with Gasteiger partial charge < -0.3 is 9.84 Å². The van der Waals surface area contributed by atoms with E-state index in [9.17, 15) is 18.3 Å². The lowest BCUT2D eigenvalue weighted by Crippen LogP contribution is -2.18. The van der Waals surface area contributed by atoms with Gasteiger partial charge in [-0.05, 0) is 12.1 Å². The van der Waals surface area contributed by atoms with Crippen molar-refractivity contribution in [3.63, 3.8) is 0 Å². The Bertz CT molecular complexity index is 303. The number of alkyl halides is 3. The highest BCUT2D eigenvalue weighted by atomic mass is 19.4. The van der Waals surface area contributed by atoms with Gasteiger partial charge in [0.05, 0.1) is 11.8 Å². The zero-order chi connectivity index (χ0) is 12.0. The van der Waals surface area contributed by atoms with E-state index in [0.29, 0.717) is 5.69 Å². The van der Waals surface area contributed by atoms with Crippen molar-refractivity contribution in [1.82, 2.24) is 4.98 Å². The summed E-state index contributed by atoms with van der Waals surface area (Å²) in [7, 11) is 0. The van der Waals surface area contributed by atoms with E-state index >= 15 is 0 Å². The van der Waals surface area contributed by atoms with Crippen LogP contribution >= 0.6 is 0 Å². The maximum Gasteiger partial charge on any atom is 0.411 e. The Morgan fingerprint density at radius 3 is 2.69 bits per heavy atom. The number of aromatic nitrogens is 1. The van der Waals surface area contributed by atoms with Crippen molar-refractivity contribution in [2.45, 2.75) is 18.7 Å². The van der Waals surface area contributed by atoms with E-state index in [-0.39, 0.29) is 13.0 Å². The first-order valence-corrected chi connectivity index (χ1v) is 4.72. The molecule has 0 aliphatic heterocycles. The number of hydrogen-bond donors (Lipinski definition) is 1. The third kappa shape index (κ3) is 5.09. The molecule has 1 atom stereocenters. The van der Waals surface area contributed by atoms with E-state index in [1.54, 1.807) is 18.2 Å². The molecular formula is C10H12F3NO2. The summed E-state index contributed by atoms with van der Waals surface area (Å²) in [5, 5.41) is 9.53. The lowest BCUT2D eigenvalue weighted by Gasteiger charge is -2.11. The molecule has 0 aromatic carbocycles. The number of halogens is 3. The molecule has 0 aliphatic carbocycles. The standard InChI is InChI=1S/C10H12F3NO2/c11-10(12,13)7-16-6-4-9(15)8-3-1-2-5-14-8/h1-3,5,9,15H,4,6-7H2. The number of pyridine rings is 1. The van der Waals surface area contributed by atoms with Crippen molar-refractivity contribution in [2.75, 3.05) is 13.2 Å². The normalized spacial score (nSPS) is 13.8. The van der Waals surface area contributed by atoms with Gasteiger partial charge >= 0.3 is 6.18 Å². The van der Waals surface area contributed by atoms with Gasteiger partial charge in [0, 0.05) is 19.2 Å². The molecule has 0 spiro atoms. The van der Waals surface area contributed by atoms with Gasteiger partial charge in [0.25, 0.3) is 0 Å². The molecule has 1 aromatic rings. The number of ether oxygens (including phenoxy) is 1. The Hall–Kier alpha value is -1.14. The van der Waals surface area contributed by atoms with Gasteiger partial charge in [-0.1, -0.05) is 6.07 Å².